The minimum absolute atomic E-state index is 0.375. The number of Topliss-reactive ketones (excluding diaryl/α,β-unsaturated/α-hetero) is 2. The van der Waals surface area contributed by atoms with Crippen molar-refractivity contribution >= 4 is 55.0 Å². The summed E-state index contributed by atoms with van der Waals surface area (Å²) < 4.78 is 7.35. The molecule has 1 aliphatic carbocycles. The molecule has 1 amide bonds. The molecule has 0 aromatic heterocycles. The largest absolute Gasteiger partial charge is 0.366 e. The van der Waals surface area contributed by atoms with Crippen LogP contribution in [0.5, 0.6) is 0 Å². The Balaban J connectivity index is 1.42. The van der Waals surface area contributed by atoms with Gasteiger partial charge in [0.2, 0.25) is 5.91 Å². The fourth-order valence-corrected chi connectivity index (χ4v) is 5.16. The van der Waals surface area contributed by atoms with Crippen molar-refractivity contribution in [3.8, 4) is 0 Å². The van der Waals surface area contributed by atoms with Crippen LogP contribution in [0.2, 0.25) is 0 Å². The van der Waals surface area contributed by atoms with Crippen molar-refractivity contribution in [2.45, 2.75) is 18.3 Å². The minimum atomic E-state index is -1.30. The van der Waals surface area contributed by atoms with E-state index in [4.69, 9.17) is 9.57 Å². The number of ketones is 2. The Bertz CT molecular complexity index is 884. The smallest absolute Gasteiger partial charge is 0.242 e. The molecule has 3 heterocycles. The van der Waals surface area contributed by atoms with Crippen molar-refractivity contribution in [3.63, 3.8) is 0 Å². The normalized spacial score (nSPS) is 37.0. The number of halogens is 2. The summed E-state index contributed by atoms with van der Waals surface area (Å²) in [5, 5.41) is 2.66. The lowest BCUT2D eigenvalue weighted by molar-refractivity contribution is -0.138. The molecule has 1 aromatic carbocycles. The third-order valence-corrected chi connectivity index (χ3v) is 6.56. The summed E-state index contributed by atoms with van der Waals surface area (Å²) in [6, 6.07) is 6.94. The van der Waals surface area contributed by atoms with Crippen LogP contribution in [-0.4, -0.2) is 35.8 Å². The van der Waals surface area contributed by atoms with Crippen LogP contribution in [0.1, 0.15) is 0 Å². The summed E-state index contributed by atoms with van der Waals surface area (Å²) in [5.74, 6) is -3.91. The van der Waals surface area contributed by atoms with Gasteiger partial charge < -0.3 is 10.1 Å². The molecule has 2 bridgehead atoms. The first-order valence-electron chi connectivity index (χ1n) is 8.08. The maximum absolute atomic E-state index is 12.9. The molecule has 2 N–H and O–H groups in total. The Kier molecular flexibility index (Phi) is 3.66. The number of hydrogen-bond acceptors (Lipinski definition) is 6. The second-order valence-electron chi connectivity index (χ2n) is 6.72. The molecule has 3 aliphatic heterocycles. The molecule has 0 spiro atoms. The number of carbonyl (C=O) groups is 3. The van der Waals surface area contributed by atoms with Crippen molar-refractivity contribution in [1.82, 2.24) is 5.48 Å². The first-order chi connectivity index (χ1) is 12.5. The maximum Gasteiger partial charge on any atom is 0.242 e. The van der Waals surface area contributed by atoms with Gasteiger partial charge in [-0.3, -0.25) is 24.7 Å². The quantitative estimate of drug-likeness (QED) is 0.491. The Labute approximate surface area is 164 Å². The molecule has 5 rings (SSSR count). The van der Waals surface area contributed by atoms with E-state index in [1.54, 1.807) is 24.3 Å². The lowest BCUT2D eigenvalue weighted by atomic mass is 9.77. The summed E-state index contributed by atoms with van der Waals surface area (Å²) in [6.45, 7) is 0. The number of nitrogens with one attached hydrogen (secondary N) is 2. The molecule has 9 heteroatoms. The molecule has 6 unspecified atom stereocenters. The Morgan fingerprint density at radius 2 is 1.73 bits per heavy atom. The minimum Gasteiger partial charge on any atom is -0.366 e. The van der Waals surface area contributed by atoms with E-state index in [-0.39, 0.29) is 11.6 Å². The molecule has 4 aliphatic rings. The molecule has 7 nitrogen and oxygen atoms in total. The first-order valence-corrected chi connectivity index (χ1v) is 9.66. The van der Waals surface area contributed by atoms with Crippen LogP contribution < -0.4 is 10.8 Å². The van der Waals surface area contributed by atoms with E-state index in [0.717, 1.165) is 10.0 Å². The number of anilines is 1. The summed E-state index contributed by atoms with van der Waals surface area (Å²) >= 11 is 6.68. The summed E-state index contributed by atoms with van der Waals surface area (Å²) in [4.78, 5) is 43.8. The molecule has 26 heavy (non-hydrogen) atoms. The fraction of sp³-hybridized carbons (Fsp3) is 0.353. The highest BCUT2D eigenvalue weighted by atomic mass is 79.9. The predicted molar refractivity (Wildman–Crippen MR) is 95.9 cm³/mol. The van der Waals surface area contributed by atoms with Gasteiger partial charge in [0.15, 0.2) is 17.5 Å². The predicted octanol–water partition coefficient (Wildman–Crippen LogP) is 1.68. The van der Waals surface area contributed by atoms with Gasteiger partial charge in [0.05, 0.1) is 17.9 Å². The van der Waals surface area contributed by atoms with Crippen LogP contribution in [0.25, 0.3) is 0 Å². The fourth-order valence-electron chi connectivity index (χ4n) is 4.35. The topological polar surface area (TPSA) is 93.7 Å². The van der Waals surface area contributed by atoms with Crippen LogP contribution in [0.15, 0.2) is 38.9 Å². The van der Waals surface area contributed by atoms with Gasteiger partial charge in [-0.1, -0.05) is 15.9 Å². The van der Waals surface area contributed by atoms with Gasteiger partial charge in [0.25, 0.3) is 0 Å². The van der Waals surface area contributed by atoms with Crippen LogP contribution in [0.4, 0.5) is 5.69 Å². The molecule has 134 valence electrons. The lowest BCUT2D eigenvalue weighted by Crippen LogP contribution is -2.40. The van der Waals surface area contributed by atoms with Crippen molar-refractivity contribution < 1.29 is 24.0 Å². The van der Waals surface area contributed by atoms with E-state index in [2.05, 4.69) is 42.7 Å². The van der Waals surface area contributed by atoms with Crippen LogP contribution in [-0.2, 0) is 24.0 Å². The van der Waals surface area contributed by atoms with Gasteiger partial charge in [-0.15, -0.1) is 0 Å². The Morgan fingerprint density at radius 3 is 2.46 bits per heavy atom. The number of rotatable bonds is 2. The molecular formula is C17H12Br2N2O5. The zero-order valence-electron chi connectivity index (χ0n) is 13.1. The molecular weight excluding hydrogens is 472 g/mol. The number of hydrogen-bond donors (Lipinski definition) is 2. The second-order valence-corrected chi connectivity index (χ2v) is 8.43. The Morgan fingerprint density at radius 1 is 1.04 bits per heavy atom. The summed E-state index contributed by atoms with van der Waals surface area (Å²) in [5.41, 5.74) is 4.07. The lowest BCUT2D eigenvalue weighted by Gasteiger charge is -2.23. The SMILES string of the molecule is O=C(Nc1ccc(Br)cc1)C1C(=O)C2C3OC(C4ONC(Br)=C43)C2C1=O. The Hall–Kier alpha value is -1.55. The van der Waals surface area contributed by atoms with Gasteiger partial charge in [-0.25, -0.2) is 0 Å². The highest BCUT2D eigenvalue weighted by molar-refractivity contribution is 9.11. The molecule has 6 atom stereocenters. The molecule has 3 fully saturated rings. The van der Waals surface area contributed by atoms with Gasteiger partial charge in [0, 0.05) is 15.7 Å². The van der Waals surface area contributed by atoms with Crippen molar-refractivity contribution in [1.29, 1.82) is 0 Å². The molecule has 2 saturated heterocycles. The van der Waals surface area contributed by atoms with Crippen molar-refractivity contribution in [2.75, 3.05) is 5.32 Å². The van der Waals surface area contributed by atoms with Crippen LogP contribution >= 0.6 is 31.9 Å². The van der Waals surface area contributed by atoms with Crippen molar-refractivity contribution in [3.05, 3.63) is 38.9 Å². The molecule has 1 saturated carbocycles. The number of amides is 1. The second kappa shape index (κ2) is 5.72. The maximum atomic E-state index is 12.9. The monoisotopic (exact) mass is 482 g/mol. The molecule has 0 radical (unpaired) electrons. The highest BCUT2D eigenvalue weighted by Gasteiger charge is 2.70. The average Bonchev–Trinajstić information content (AvgIpc) is 3.32. The van der Waals surface area contributed by atoms with Crippen LogP contribution in [0, 0.1) is 17.8 Å². The average molecular weight is 484 g/mol. The van der Waals surface area contributed by atoms with E-state index in [9.17, 15) is 14.4 Å². The highest BCUT2D eigenvalue weighted by Crippen LogP contribution is 2.55. The number of carbonyl (C=O) groups excluding carboxylic acids is 3. The van der Waals surface area contributed by atoms with E-state index in [1.165, 1.54) is 0 Å². The number of benzene rings is 1. The van der Waals surface area contributed by atoms with Gasteiger partial charge in [-0.05, 0) is 40.2 Å². The molecule has 1 aromatic rings. The summed E-state index contributed by atoms with van der Waals surface area (Å²) in [6.07, 6.45) is -1.47. The number of fused-ring (bicyclic) bond motifs is 8. The van der Waals surface area contributed by atoms with Crippen molar-refractivity contribution in [2.24, 2.45) is 17.8 Å². The van der Waals surface area contributed by atoms with E-state index in [1.807, 2.05) is 0 Å². The van der Waals surface area contributed by atoms with Crippen LogP contribution in [0.3, 0.4) is 0 Å². The number of hydroxylamine groups is 1. The van der Waals surface area contributed by atoms with E-state index < -0.39 is 42.0 Å². The standard InChI is InChI=1S/C17H12Br2N2O5/c18-5-1-3-6(4-2-5)20-17(24)9-11(22)7-8(12(9)23)14-15-10(13(7)25-14)16(19)21-26-15/h1-4,7-9,13-15,21H,(H,20,24). The zero-order valence-corrected chi connectivity index (χ0v) is 16.2. The van der Waals surface area contributed by atoms with Gasteiger partial charge in [-0.2, -0.15) is 0 Å². The zero-order chi connectivity index (χ0) is 18.2. The van der Waals surface area contributed by atoms with Gasteiger partial charge in [0.1, 0.15) is 16.8 Å². The third-order valence-electron chi connectivity index (χ3n) is 5.41. The third kappa shape index (κ3) is 2.14. The van der Waals surface area contributed by atoms with Gasteiger partial charge >= 0.3 is 0 Å². The summed E-state index contributed by atoms with van der Waals surface area (Å²) in [7, 11) is 0. The first kappa shape index (κ1) is 16.6. The van der Waals surface area contributed by atoms with E-state index >= 15 is 0 Å². The number of ether oxygens (including phenoxy) is 1. The van der Waals surface area contributed by atoms with E-state index in [0.29, 0.717) is 10.3 Å².